The lowest BCUT2D eigenvalue weighted by molar-refractivity contribution is -0.116. The highest BCUT2D eigenvalue weighted by molar-refractivity contribution is 5.88. The number of nitrogens with one attached hydrogen (secondary N) is 1. The molecule has 4 aromatic carbocycles. The molecule has 0 aromatic heterocycles. The van der Waals surface area contributed by atoms with Crippen LogP contribution in [0.15, 0.2) is 133 Å². The van der Waals surface area contributed by atoms with E-state index in [2.05, 4.69) is 41.7 Å². The first-order chi connectivity index (χ1) is 15.3. The molecular weight excluding hydrogens is 378 g/mol. The minimum atomic E-state index is -0.576. The van der Waals surface area contributed by atoms with Gasteiger partial charge in [-0.2, -0.15) is 0 Å². The normalized spacial score (nSPS) is 11.4. The molecule has 31 heavy (non-hydrogen) atoms. The van der Waals surface area contributed by atoms with Crippen LogP contribution in [0.4, 0.5) is 0 Å². The molecule has 0 aliphatic heterocycles. The molecule has 0 bridgehead atoms. The molecule has 0 spiro atoms. The summed E-state index contributed by atoms with van der Waals surface area (Å²) in [5.74, 6) is -0.115. The Kier molecular flexibility index (Phi) is 6.39. The molecule has 4 aromatic rings. The summed E-state index contributed by atoms with van der Waals surface area (Å²) in [5, 5.41) is 3.00. The fourth-order valence-electron chi connectivity index (χ4n) is 3.94. The average molecular weight is 404 g/mol. The highest BCUT2D eigenvalue weighted by Crippen LogP contribution is 2.40. The van der Waals surface area contributed by atoms with Crippen molar-refractivity contribution in [2.45, 2.75) is 12.0 Å². The van der Waals surface area contributed by atoms with Crippen LogP contribution in [0.1, 0.15) is 22.3 Å². The summed E-state index contributed by atoms with van der Waals surface area (Å²) in [4.78, 5) is 12.8. The van der Waals surface area contributed by atoms with Crippen LogP contribution in [-0.2, 0) is 16.8 Å². The minimum Gasteiger partial charge on any atom is -0.348 e. The zero-order valence-electron chi connectivity index (χ0n) is 17.3. The number of hydrogen-bond acceptors (Lipinski definition) is 1. The smallest absolute Gasteiger partial charge is 0.243 e. The first-order valence-electron chi connectivity index (χ1n) is 10.5. The molecule has 4 rings (SSSR count). The van der Waals surface area contributed by atoms with Crippen molar-refractivity contribution in [3.05, 3.63) is 156 Å². The lowest BCUT2D eigenvalue weighted by atomic mass is 9.69. The summed E-state index contributed by atoms with van der Waals surface area (Å²) >= 11 is 0. The summed E-state index contributed by atoms with van der Waals surface area (Å²) in [7, 11) is 0. The SMILES string of the molecule is O=C(C=CC(c1ccccc1)(c1ccccc1)c1ccccc1)NCc1ccccc1. The van der Waals surface area contributed by atoms with Crippen molar-refractivity contribution < 1.29 is 4.79 Å². The van der Waals surface area contributed by atoms with Crippen LogP contribution in [0.2, 0.25) is 0 Å². The van der Waals surface area contributed by atoms with Crippen LogP contribution in [0.25, 0.3) is 0 Å². The van der Waals surface area contributed by atoms with Crippen molar-refractivity contribution in [3.63, 3.8) is 0 Å². The second-order valence-corrected chi connectivity index (χ2v) is 7.44. The summed E-state index contributed by atoms with van der Waals surface area (Å²) in [6.07, 6.45) is 3.68. The van der Waals surface area contributed by atoms with Crippen LogP contribution < -0.4 is 5.32 Å². The molecule has 0 radical (unpaired) electrons. The maximum Gasteiger partial charge on any atom is 0.243 e. The predicted molar refractivity (Wildman–Crippen MR) is 127 cm³/mol. The molecule has 0 atom stereocenters. The van der Waals surface area contributed by atoms with Gasteiger partial charge in [0.25, 0.3) is 0 Å². The van der Waals surface area contributed by atoms with Crippen molar-refractivity contribution in [3.8, 4) is 0 Å². The Morgan fingerprint density at radius 2 is 1.00 bits per heavy atom. The summed E-state index contributed by atoms with van der Waals surface area (Å²) in [6.45, 7) is 0.499. The van der Waals surface area contributed by atoms with Gasteiger partial charge in [0.2, 0.25) is 5.91 Å². The van der Waals surface area contributed by atoms with Gasteiger partial charge in [-0.25, -0.2) is 0 Å². The Morgan fingerprint density at radius 1 is 0.613 bits per heavy atom. The molecule has 2 heteroatoms. The molecule has 0 saturated heterocycles. The largest absolute Gasteiger partial charge is 0.348 e. The molecule has 1 amide bonds. The second-order valence-electron chi connectivity index (χ2n) is 7.44. The van der Waals surface area contributed by atoms with E-state index in [0.29, 0.717) is 6.54 Å². The molecular formula is C29H25NO. The highest BCUT2D eigenvalue weighted by Gasteiger charge is 2.33. The van der Waals surface area contributed by atoms with Gasteiger partial charge >= 0.3 is 0 Å². The zero-order chi connectivity index (χ0) is 21.4. The van der Waals surface area contributed by atoms with Gasteiger partial charge in [-0.3, -0.25) is 4.79 Å². The lowest BCUT2D eigenvalue weighted by Crippen LogP contribution is -2.28. The van der Waals surface area contributed by atoms with Gasteiger partial charge in [0.15, 0.2) is 0 Å². The number of amides is 1. The number of rotatable bonds is 7. The van der Waals surface area contributed by atoms with Gasteiger partial charge in [0, 0.05) is 12.6 Å². The molecule has 0 heterocycles. The standard InChI is InChI=1S/C29H25NO/c31-28(30-23-24-13-5-1-6-14-24)21-22-29(25-15-7-2-8-16-25,26-17-9-3-10-18-26)27-19-11-4-12-20-27/h1-22H,23H2,(H,30,31). The third-order valence-electron chi connectivity index (χ3n) is 5.48. The molecule has 152 valence electrons. The average Bonchev–Trinajstić information content (AvgIpc) is 2.86. The molecule has 0 aliphatic rings. The minimum absolute atomic E-state index is 0.115. The zero-order valence-corrected chi connectivity index (χ0v) is 17.3. The van der Waals surface area contributed by atoms with E-state index >= 15 is 0 Å². The van der Waals surface area contributed by atoms with E-state index in [4.69, 9.17) is 0 Å². The third kappa shape index (κ3) is 4.65. The fraction of sp³-hybridized carbons (Fsp3) is 0.0690. The van der Waals surface area contributed by atoms with Gasteiger partial charge in [-0.1, -0.05) is 127 Å². The van der Waals surface area contributed by atoms with E-state index in [9.17, 15) is 4.79 Å². The number of hydrogen-bond donors (Lipinski definition) is 1. The Labute approximate surface area is 183 Å². The topological polar surface area (TPSA) is 29.1 Å². The molecule has 2 nitrogen and oxygen atoms in total. The molecule has 0 saturated carbocycles. The van der Waals surface area contributed by atoms with E-state index < -0.39 is 5.41 Å². The van der Waals surface area contributed by atoms with Crippen molar-refractivity contribution in [1.82, 2.24) is 5.32 Å². The van der Waals surface area contributed by atoms with Gasteiger partial charge in [-0.15, -0.1) is 0 Å². The first-order valence-corrected chi connectivity index (χ1v) is 10.5. The number of carbonyl (C=O) groups excluding carboxylic acids is 1. The fourth-order valence-corrected chi connectivity index (χ4v) is 3.94. The van der Waals surface area contributed by atoms with Crippen LogP contribution >= 0.6 is 0 Å². The molecule has 1 N–H and O–H groups in total. The van der Waals surface area contributed by atoms with E-state index in [-0.39, 0.29) is 5.91 Å². The van der Waals surface area contributed by atoms with Crippen molar-refractivity contribution >= 4 is 5.91 Å². The van der Waals surface area contributed by atoms with Gasteiger partial charge in [0.1, 0.15) is 0 Å². The Bertz CT molecular complexity index is 1020. The van der Waals surface area contributed by atoms with Gasteiger partial charge < -0.3 is 5.32 Å². The highest BCUT2D eigenvalue weighted by atomic mass is 16.1. The van der Waals surface area contributed by atoms with Crippen LogP contribution in [-0.4, -0.2) is 5.91 Å². The van der Waals surface area contributed by atoms with Crippen molar-refractivity contribution in [2.75, 3.05) is 0 Å². The van der Waals surface area contributed by atoms with Crippen LogP contribution in [0.3, 0.4) is 0 Å². The maximum atomic E-state index is 12.8. The monoisotopic (exact) mass is 403 g/mol. The van der Waals surface area contributed by atoms with E-state index in [1.807, 2.05) is 91.0 Å². The van der Waals surface area contributed by atoms with Gasteiger partial charge in [0.05, 0.1) is 5.41 Å². The number of carbonyl (C=O) groups is 1. The maximum absolute atomic E-state index is 12.8. The quantitative estimate of drug-likeness (QED) is 0.302. The number of allylic oxidation sites excluding steroid dienone is 1. The first kappa shape index (κ1) is 20.4. The Balaban J connectivity index is 1.75. The van der Waals surface area contributed by atoms with Crippen molar-refractivity contribution in [2.24, 2.45) is 0 Å². The number of benzene rings is 4. The Morgan fingerprint density at radius 3 is 1.42 bits per heavy atom. The third-order valence-corrected chi connectivity index (χ3v) is 5.48. The van der Waals surface area contributed by atoms with Crippen LogP contribution in [0.5, 0.6) is 0 Å². The van der Waals surface area contributed by atoms with Gasteiger partial charge in [-0.05, 0) is 22.3 Å². The second kappa shape index (κ2) is 9.73. The Hall–Kier alpha value is -3.91. The van der Waals surface area contributed by atoms with E-state index in [0.717, 1.165) is 22.3 Å². The predicted octanol–water partition coefficient (Wildman–Crippen LogP) is 5.89. The van der Waals surface area contributed by atoms with E-state index in [1.165, 1.54) is 0 Å². The summed E-state index contributed by atoms with van der Waals surface area (Å²) in [5.41, 5.74) is 3.83. The summed E-state index contributed by atoms with van der Waals surface area (Å²) < 4.78 is 0. The molecule has 0 fully saturated rings. The van der Waals surface area contributed by atoms with E-state index in [1.54, 1.807) is 6.08 Å². The lowest BCUT2D eigenvalue weighted by Gasteiger charge is -2.33. The summed E-state index contributed by atoms with van der Waals surface area (Å²) in [6, 6.07) is 40.9. The molecule has 0 unspecified atom stereocenters. The molecule has 0 aliphatic carbocycles. The van der Waals surface area contributed by atoms with Crippen LogP contribution in [0, 0.1) is 0 Å². The van der Waals surface area contributed by atoms with Crippen molar-refractivity contribution in [1.29, 1.82) is 0 Å².